The van der Waals surface area contributed by atoms with Crippen LogP contribution in [-0.2, 0) is 6.54 Å². The zero-order chi connectivity index (χ0) is 13.2. The highest BCUT2D eigenvalue weighted by molar-refractivity contribution is 7.13. The molecule has 2 aliphatic rings. The van der Waals surface area contributed by atoms with Crippen molar-refractivity contribution in [2.45, 2.75) is 44.3 Å². The van der Waals surface area contributed by atoms with Crippen molar-refractivity contribution in [2.24, 2.45) is 0 Å². The number of nitrogens with one attached hydrogen (secondary N) is 1. The summed E-state index contributed by atoms with van der Waals surface area (Å²) in [6.45, 7) is 3.06. The van der Waals surface area contributed by atoms with Gasteiger partial charge in [-0.3, -0.25) is 15.0 Å². The van der Waals surface area contributed by atoms with E-state index >= 15 is 0 Å². The summed E-state index contributed by atoms with van der Waals surface area (Å²) in [7, 11) is 0. The second kappa shape index (κ2) is 5.56. The van der Waals surface area contributed by atoms with Gasteiger partial charge in [0.25, 0.3) is 0 Å². The first-order valence-electron chi connectivity index (χ1n) is 6.91. The molecule has 1 aliphatic carbocycles. The molecular formula is C13H19N3O2S. The fraction of sp³-hybridized carbons (Fsp3) is 0.692. The van der Waals surface area contributed by atoms with E-state index in [0.29, 0.717) is 12.1 Å². The maximum absolute atomic E-state index is 10.7. The van der Waals surface area contributed by atoms with Gasteiger partial charge in [-0.1, -0.05) is 11.3 Å². The molecular weight excluding hydrogens is 262 g/mol. The molecule has 19 heavy (non-hydrogen) atoms. The molecule has 1 saturated carbocycles. The van der Waals surface area contributed by atoms with Gasteiger partial charge in [0.2, 0.25) is 0 Å². The molecule has 0 spiro atoms. The van der Waals surface area contributed by atoms with Gasteiger partial charge in [-0.05, 0) is 37.8 Å². The Morgan fingerprint density at radius 2 is 2.32 bits per heavy atom. The zero-order valence-electron chi connectivity index (χ0n) is 10.9. The van der Waals surface area contributed by atoms with Crippen molar-refractivity contribution in [3.8, 4) is 0 Å². The van der Waals surface area contributed by atoms with Gasteiger partial charge in [-0.25, -0.2) is 0 Å². The molecule has 0 bridgehead atoms. The highest BCUT2D eigenvalue weighted by Crippen LogP contribution is 2.31. The van der Waals surface area contributed by atoms with Gasteiger partial charge in [-0.2, -0.15) is 0 Å². The molecule has 1 atom stereocenters. The molecule has 0 radical (unpaired) electrons. The normalized spacial score (nSPS) is 23.1. The smallest absolute Gasteiger partial charge is 0.313 e. The average Bonchev–Trinajstić information content (AvgIpc) is 2.90. The van der Waals surface area contributed by atoms with Crippen molar-refractivity contribution in [3.63, 3.8) is 0 Å². The van der Waals surface area contributed by atoms with E-state index in [1.165, 1.54) is 37.0 Å². The van der Waals surface area contributed by atoms with Crippen LogP contribution in [0.15, 0.2) is 11.4 Å². The second-order valence-electron chi connectivity index (χ2n) is 5.50. The van der Waals surface area contributed by atoms with Crippen LogP contribution in [-0.4, -0.2) is 35.0 Å². The molecule has 104 valence electrons. The Morgan fingerprint density at radius 3 is 2.89 bits per heavy atom. The molecule has 1 aromatic rings. The van der Waals surface area contributed by atoms with Crippen LogP contribution in [0.1, 0.15) is 31.2 Å². The number of rotatable bonds is 6. The minimum atomic E-state index is -0.297. The first kappa shape index (κ1) is 13.0. The van der Waals surface area contributed by atoms with Crippen LogP contribution < -0.4 is 5.32 Å². The first-order chi connectivity index (χ1) is 9.22. The van der Waals surface area contributed by atoms with E-state index in [1.54, 1.807) is 6.07 Å². The summed E-state index contributed by atoms with van der Waals surface area (Å²) in [5.41, 5.74) is 1.08. The van der Waals surface area contributed by atoms with Gasteiger partial charge in [0.05, 0.1) is 4.92 Å². The van der Waals surface area contributed by atoms with E-state index in [-0.39, 0.29) is 9.92 Å². The van der Waals surface area contributed by atoms with E-state index in [0.717, 1.165) is 25.2 Å². The highest BCUT2D eigenvalue weighted by atomic mass is 32.1. The third-order valence-electron chi connectivity index (χ3n) is 3.89. The largest absolute Gasteiger partial charge is 0.324 e. The first-order valence-corrected chi connectivity index (χ1v) is 7.79. The molecule has 5 nitrogen and oxygen atoms in total. The lowest BCUT2D eigenvalue weighted by molar-refractivity contribution is -0.380. The number of thiophene rings is 1. The van der Waals surface area contributed by atoms with Gasteiger partial charge >= 0.3 is 5.00 Å². The summed E-state index contributed by atoms with van der Waals surface area (Å²) in [4.78, 5) is 12.9. The summed E-state index contributed by atoms with van der Waals surface area (Å²) >= 11 is 1.23. The molecule has 3 rings (SSSR count). The van der Waals surface area contributed by atoms with Gasteiger partial charge in [0.15, 0.2) is 0 Å². The van der Waals surface area contributed by atoms with Crippen LogP contribution in [0.3, 0.4) is 0 Å². The molecule has 0 aromatic carbocycles. The molecule has 1 unspecified atom stereocenters. The Balaban J connectivity index is 1.61. The van der Waals surface area contributed by atoms with Crippen LogP contribution in [0.5, 0.6) is 0 Å². The summed E-state index contributed by atoms with van der Waals surface area (Å²) in [5.74, 6) is 0. The maximum atomic E-state index is 10.7. The van der Waals surface area contributed by atoms with Crippen molar-refractivity contribution in [3.05, 3.63) is 27.1 Å². The van der Waals surface area contributed by atoms with E-state index < -0.39 is 0 Å². The quantitative estimate of drug-likeness (QED) is 0.642. The summed E-state index contributed by atoms with van der Waals surface area (Å²) in [5, 5.41) is 16.4. The minimum absolute atomic E-state index is 0.254. The number of nitro groups is 1. The lowest BCUT2D eigenvalue weighted by Gasteiger charge is -2.25. The average molecular weight is 281 g/mol. The van der Waals surface area contributed by atoms with Crippen molar-refractivity contribution in [2.75, 3.05) is 13.1 Å². The molecule has 1 aromatic heterocycles. The van der Waals surface area contributed by atoms with Gasteiger partial charge < -0.3 is 5.32 Å². The predicted octanol–water partition coefficient (Wildman–Crippen LogP) is 2.37. The van der Waals surface area contributed by atoms with Crippen molar-refractivity contribution in [1.82, 2.24) is 10.2 Å². The monoisotopic (exact) mass is 281 g/mol. The minimum Gasteiger partial charge on any atom is -0.313 e. The standard InChI is InChI=1S/C13H19N3O2S/c17-16(18)13-6-10(9-19-13)7-15(12-3-4-12)8-11-2-1-5-14-11/h6,9,11-12,14H,1-5,7-8H2. The van der Waals surface area contributed by atoms with Crippen molar-refractivity contribution < 1.29 is 4.92 Å². The van der Waals surface area contributed by atoms with E-state index in [1.807, 2.05) is 5.38 Å². The Morgan fingerprint density at radius 1 is 1.47 bits per heavy atom. The molecule has 6 heteroatoms. The number of nitrogens with zero attached hydrogens (tertiary/aromatic N) is 2. The maximum Gasteiger partial charge on any atom is 0.324 e. The Labute approximate surface area is 116 Å². The molecule has 1 aliphatic heterocycles. The number of hydrogen-bond donors (Lipinski definition) is 1. The van der Waals surface area contributed by atoms with Crippen molar-refractivity contribution in [1.29, 1.82) is 0 Å². The molecule has 0 amide bonds. The van der Waals surface area contributed by atoms with E-state index in [2.05, 4.69) is 10.2 Å². The van der Waals surface area contributed by atoms with Crippen LogP contribution in [0.2, 0.25) is 0 Å². The van der Waals surface area contributed by atoms with Gasteiger partial charge in [-0.15, -0.1) is 0 Å². The molecule has 1 N–H and O–H groups in total. The molecule has 1 saturated heterocycles. The SMILES string of the molecule is O=[N+]([O-])c1cc(CN(CC2CCCN2)C2CC2)cs1. The molecule has 2 fully saturated rings. The second-order valence-corrected chi connectivity index (χ2v) is 6.39. The summed E-state index contributed by atoms with van der Waals surface area (Å²) < 4.78 is 0. The summed E-state index contributed by atoms with van der Waals surface area (Å²) in [6.07, 6.45) is 5.08. The fourth-order valence-corrected chi connectivity index (χ4v) is 3.47. The van der Waals surface area contributed by atoms with Gasteiger partial charge in [0, 0.05) is 36.6 Å². The lowest BCUT2D eigenvalue weighted by atomic mass is 10.2. The Kier molecular flexibility index (Phi) is 3.81. The molecule has 2 heterocycles. The Hall–Kier alpha value is -0.980. The summed E-state index contributed by atoms with van der Waals surface area (Å²) in [6, 6.07) is 3.03. The third-order valence-corrected chi connectivity index (χ3v) is 4.82. The van der Waals surface area contributed by atoms with Crippen LogP contribution in [0, 0.1) is 10.1 Å². The fourth-order valence-electron chi connectivity index (χ4n) is 2.75. The number of hydrogen-bond acceptors (Lipinski definition) is 5. The van der Waals surface area contributed by atoms with Crippen molar-refractivity contribution >= 4 is 16.3 Å². The Bertz CT molecular complexity index is 452. The third kappa shape index (κ3) is 3.32. The zero-order valence-corrected chi connectivity index (χ0v) is 11.7. The lowest BCUT2D eigenvalue weighted by Crippen LogP contribution is -2.38. The van der Waals surface area contributed by atoms with Crippen LogP contribution in [0.4, 0.5) is 5.00 Å². The predicted molar refractivity (Wildman–Crippen MR) is 75.4 cm³/mol. The topological polar surface area (TPSA) is 58.4 Å². The van der Waals surface area contributed by atoms with E-state index in [9.17, 15) is 10.1 Å². The highest BCUT2D eigenvalue weighted by Gasteiger charge is 2.31. The van der Waals surface area contributed by atoms with E-state index in [4.69, 9.17) is 0 Å². The van der Waals surface area contributed by atoms with Gasteiger partial charge in [0.1, 0.15) is 0 Å². The van der Waals surface area contributed by atoms with Crippen LogP contribution in [0.25, 0.3) is 0 Å². The van der Waals surface area contributed by atoms with Crippen LogP contribution >= 0.6 is 11.3 Å².